The second kappa shape index (κ2) is 9.54. The van der Waals surface area contributed by atoms with Crippen molar-refractivity contribution in [2.75, 3.05) is 6.54 Å². The van der Waals surface area contributed by atoms with Crippen LogP contribution >= 0.6 is 0 Å². The number of hydrogen-bond acceptors (Lipinski definition) is 3. The van der Waals surface area contributed by atoms with Gasteiger partial charge in [-0.1, -0.05) is 98.2 Å². The maximum atomic E-state index is 11.2. The van der Waals surface area contributed by atoms with Crippen molar-refractivity contribution in [1.82, 2.24) is 4.90 Å². The van der Waals surface area contributed by atoms with Gasteiger partial charge in [0.1, 0.15) is 11.5 Å². The van der Waals surface area contributed by atoms with Crippen LogP contribution in [0, 0.1) is 6.92 Å². The first-order valence-corrected chi connectivity index (χ1v) is 12.0. The Morgan fingerprint density at radius 3 is 1.61 bits per heavy atom. The van der Waals surface area contributed by atoms with Gasteiger partial charge in [-0.3, -0.25) is 4.90 Å². The van der Waals surface area contributed by atoms with Crippen LogP contribution in [-0.4, -0.2) is 21.7 Å². The Morgan fingerprint density at radius 2 is 1.18 bits per heavy atom. The number of aryl methyl sites for hydroxylation is 1. The second-order valence-electron chi connectivity index (χ2n) is 12.6. The van der Waals surface area contributed by atoms with Gasteiger partial charge in [0.15, 0.2) is 0 Å². The third-order valence-electron chi connectivity index (χ3n) is 6.18. The van der Waals surface area contributed by atoms with E-state index in [0.717, 1.165) is 27.8 Å². The third-order valence-corrected chi connectivity index (χ3v) is 6.18. The Labute approximate surface area is 202 Å². The van der Waals surface area contributed by atoms with Crippen LogP contribution in [0.3, 0.4) is 0 Å². The first kappa shape index (κ1) is 27.0. The van der Waals surface area contributed by atoms with Crippen molar-refractivity contribution in [2.45, 2.75) is 98.6 Å². The van der Waals surface area contributed by atoms with Crippen molar-refractivity contribution in [2.24, 2.45) is 0 Å². The van der Waals surface area contributed by atoms with E-state index in [9.17, 15) is 10.2 Å². The van der Waals surface area contributed by atoms with Gasteiger partial charge in [-0.2, -0.15) is 0 Å². The molecule has 182 valence electrons. The average molecular weight is 452 g/mol. The van der Waals surface area contributed by atoms with Crippen LogP contribution in [-0.2, 0) is 29.3 Å². The zero-order valence-corrected chi connectivity index (χ0v) is 22.6. The second-order valence-corrected chi connectivity index (χ2v) is 12.6. The summed E-state index contributed by atoms with van der Waals surface area (Å²) in [6.45, 7) is 27.2. The van der Waals surface area contributed by atoms with Gasteiger partial charge >= 0.3 is 0 Å². The largest absolute Gasteiger partial charge is 0.507 e. The molecule has 0 atom stereocenters. The van der Waals surface area contributed by atoms with Crippen molar-refractivity contribution >= 4 is 0 Å². The molecule has 0 bridgehead atoms. The predicted octanol–water partition coefficient (Wildman–Crippen LogP) is 7.49. The summed E-state index contributed by atoms with van der Waals surface area (Å²) in [6.07, 6.45) is 1.88. The number of phenolic OH excluding ortho intramolecular Hbond substituents is 2. The van der Waals surface area contributed by atoms with E-state index in [1.165, 1.54) is 5.56 Å². The van der Waals surface area contributed by atoms with Crippen molar-refractivity contribution in [1.29, 1.82) is 0 Å². The first-order chi connectivity index (χ1) is 14.9. The molecule has 2 aromatic carbocycles. The van der Waals surface area contributed by atoms with E-state index in [1.54, 1.807) is 0 Å². The van der Waals surface area contributed by atoms with Crippen LogP contribution in [0.15, 0.2) is 36.9 Å². The van der Waals surface area contributed by atoms with Gasteiger partial charge in [0.25, 0.3) is 0 Å². The maximum absolute atomic E-state index is 11.2. The number of rotatable bonds is 6. The highest BCUT2D eigenvalue weighted by molar-refractivity contribution is 5.49. The molecular formula is C30H45NO2. The highest BCUT2D eigenvalue weighted by Crippen LogP contribution is 2.39. The molecule has 0 unspecified atom stereocenters. The molecule has 0 heterocycles. The summed E-state index contributed by atoms with van der Waals surface area (Å²) in [5, 5.41) is 22.3. The molecule has 0 aliphatic heterocycles. The third kappa shape index (κ3) is 6.63. The van der Waals surface area contributed by atoms with E-state index in [1.807, 2.05) is 6.08 Å². The Hall–Kier alpha value is -2.26. The number of aromatic hydroxyl groups is 2. The number of benzene rings is 2. The molecule has 0 saturated heterocycles. The molecule has 2 aromatic rings. The molecule has 3 heteroatoms. The minimum atomic E-state index is -0.167. The molecule has 0 radical (unpaired) electrons. The van der Waals surface area contributed by atoms with Crippen LogP contribution in [0.25, 0.3) is 0 Å². The summed E-state index contributed by atoms with van der Waals surface area (Å²) >= 11 is 0. The summed E-state index contributed by atoms with van der Waals surface area (Å²) in [5.74, 6) is 0.735. The number of nitrogens with zero attached hydrogens (tertiary/aromatic N) is 1. The lowest BCUT2D eigenvalue weighted by Crippen LogP contribution is -2.25. The van der Waals surface area contributed by atoms with E-state index >= 15 is 0 Å². The fraction of sp³-hybridized carbons (Fsp3) is 0.533. The van der Waals surface area contributed by atoms with Gasteiger partial charge in [-0.25, -0.2) is 0 Å². The standard InChI is InChI=1S/C30H45NO2/c1-12-13-31(18-21-14-20(2)15-24(26(21)32)29(6,7)8)19-22-16-23(28(3,4)5)17-25(27(22)33)30(9,10)11/h12,14-17,32-33H,1,13,18-19H2,2-11H3. The molecular weight excluding hydrogens is 406 g/mol. The van der Waals surface area contributed by atoms with Gasteiger partial charge in [0.05, 0.1) is 0 Å². The average Bonchev–Trinajstić information content (AvgIpc) is 2.63. The van der Waals surface area contributed by atoms with E-state index in [4.69, 9.17) is 0 Å². The number of hydrogen-bond donors (Lipinski definition) is 2. The highest BCUT2D eigenvalue weighted by Gasteiger charge is 2.26. The lowest BCUT2D eigenvalue weighted by Gasteiger charge is -2.30. The summed E-state index contributed by atoms with van der Waals surface area (Å²) in [7, 11) is 0. The van der Waals surface area contributed by atoms with E-state index in [2.05, 4.69) is 105 Å². The highest BCUT2D eigenvalue weighted by atomic mass is 16.3. The maximum Gasteiger partial charge on any atom is 0.123 e. The van der Waals surface area contributed by atoms with Gasteiger partial charge < -0.3 is 10.2 Å². The fourth-order valence-electron chi connectivity index (χ4n) is 4.22. The monoisotopic (exact) mass is 451 g/mol. The fourth-order valence-corrected chi connectivity index (χ4v) is 4.22. The van der Waals surface area contributed by atoms with Crippen LogP contribution in [0.1, 0.15) is 95.7 Å². The van der Waals surface area contributed by atoms with Crippen molar-refractivity contribution in [3.05, 3.63) is 70.3 Å². The topological polar surface area (TPSA) is 43.7 Å². The van der Waals surface area contributed by atoms with Crippen molar-refractivity contribution < 1.29 is 10.2 Å². The van der Waals surface area contributed by atoms with E-state index < -0.39 is 0 Å². The molecule has 0 aliphatic carbocycles. The Balaban J connectivity index is 2.54. The number of phenols is 2. The van der Waals surface area contributed by atoms with Gasteiger partial charge in [-0.15, -0.1) is 6.58 Å². The molecule has 0 aromatic heterocycles. The molecule has 2 rings (SSSR count). The van der Waals surface area contributed by atoms with Gasteiger partial charge in [0.2, 0.25) is 0 Å². The van der Waals surface area contributed by atoms with Crippen molar-refractivity contribution in [3.63, 3.8) is 0 Å². The zero-order valence-electron chi connectivity index (χ0n) is 22.6. The molecule has 33 heavy (non-hydrogen) atoms. The molecule has 0 amide bonds. The summed E-state index contributed by atoms with van der Waals surface area (Å²) in [6, 6.07) is 8.42. The van der Waals surface area contributed by atoms with Crippen LogP contribution in [0.5, 0.6) is 11.5 Å². The molecule has 0 spiro atoms. The van der Waals surface area contributed by atoms with Crippen LogP contribution in [0.2, 0.25) is 0 Å². The van der Waals surface area contributed by atoms with Gasteiger partial charge in [-0.05, 0) is 39.9 Å². The normalized spacial score (nSPS) is 12.9. The van der Waals surface area contributed by atoms with Crippen molar-refractivity contribution in [3.8, 4) is 11.5 Å². The molecule has 2 N–H and O–H groups in total. The Bertz CT molecular complexity index is 998. The van der Waals surface area contributed by atoms with E-state index in [0.29, 0.717) is 31.1 Å². The summed E-state index contributed by atoms with van der Waals surface area (Å²) < 4.78 is 0. The summed E-state index contributed by atoms with van der Waals surface area (Å²) in [5.41, 5.74) is 5.77. The minimum absolute atomic E-state index is 0.0257. The lowest BCUT2D eigenvalue weighted by atomic mass is 9.79. The van der Waals surface area contributed by atoms with E-state index in [-0.39, 0.29) is 16.2 Å². The van der Waals surface area contributed by atoms with Crippen LogP contribution < -0.4 is 0 Å². The molecule has 0 fully saturated rings. The predicted molar refractivity (Wildman–Crippen MR) is 141 cm³/mol. The molecule has 0 saturated carbocycles. The lowest BCUT2D eigenvalue weighted by molar-refractivity contribution is 0.275. The summed E-state index contributed by atoms with van der Waals surface area (Å²) in [4.78, 5) is 2.22. The molecule has 3 nitrogen and oxygen atoms in total. The zero-order chi connectivity index (χ0) is 25.4. The minimum Gasteiger partial charge on any atom is -0.507 e. The quantitative estimate of drug-likeness (QED) is 0.447. The molecule has 0 aliphatic rings. The smallest absolute Gasteiger partial charge is 0.123 e. The SMILES string of the molecule is C=CCN(Cc1cc(C)cc(C(C)(C)C)c1O)Cc1cc(C(C)(C)C)cc(C(C)(C)C)c1O. The van der Waals surface area contributed by atoms with Gasteiger partial charge in [0, 0.05) is 30.8 Å². The Kier molecular flexibility index (Phi) is 7.80. The Morgan fingerprint density at radius 1 is 0.727 bits per heavy atom. The first-order valence-electron chi connectivity index (χ1n) is 12.0. The van der Waals surface area contributed by atoms with Crippen LogP contribution in [0.4, 0.5) is 0 Å².